The number of hydrogen-bond donors (Lipinski definition) is 1. The number of cyclic esters (lactones) is 1. The summed E-state index contributed by atoms with van der Waals surface area (Å²) in [5.41, 5.74) is -0.428. The quantitative estimate of drug-likeness (QED) is 0.219. The molecule has 2 unspecified atom stereocenters. The van der Waals surface area contributed by atoms with Crippen molar-refractivity contribution < 1.29 is 35.9 Å². The van der Waals surface area contributed by atoms with E-state index in [1.165, 1.54) is 18.2 Å². The number of aromatic nitrogens is 1. The molecule has 0 amide bonds. The number of alkyl halides is 3. The number of rotatable bonds is 11. The summed E-state index contributed by atoms with van der Waals surface area (Å²) in [6.45, 7) is 3.97. The molecule has 0 bridgehead atoms. The van der Waals surface area contributed by atoms with Gasteiger partial charge in [-0.05, 0) is 62.1 Å². The molecule has 0 radical (unpaired) electrons. The number of ketones is 1. The minimum absolute atomic E-state index is 0.0620. The number of sulfonamides is 1. The number of Topliss-reactive ketones (excluding diaryl/α,β-unsaturated/α-hetero) is 1. The van der Waals surface area contributed by atoms with Gasteiger partial charge in [-0.25, -0.2) is 9.78 Å². The number of anilines is 2. The summed E-state index contributed by atoms with van der Waals surface area (Å²) < 4.78 is 72.5. The van der Waals surface area contributed by atoms with Crippen molar-refractivity contribution >= 4 is 33.2 Å². The van der Waals surface area contributed by atoms with Crippen LogP contribution < -0.4 is 9.62 Å². The molecule has 8 nitrogen and oxygen atoms in total. The highest BCUT2D eigenvalue weighted by atomic mass is 32.2. The summed E-state index contributed by atoms with van der Waals surface area (Å²) in [7, 11) is -4.33. The third kappa shape index (κ3) is 7.10. The zero-order chi connectivity index (χ0) is 30.5. The summed E-state index contributed by atoms with van der Waals surface area (Å²) >= 11 is 0. The van der Waals surface area contributed by atoms with Gasteiger partial charge in [0, 0.05) is 24.8 Å². The number of carbonyl (C=O) groups excluding carboxylic acids is 2. The summed E-state index contributed by atoms with van der Waals surface area (Å²) in [4.78, 5) is 31.9. The van der Waals surface area contributed by atoms with Gasteiger partial charge in [-0.15, -0.1) is 0 Å². The average Bonchev–Trinajstić information content (AvgIpc) is 2.94. The van der Waals surface area contributed by atoms with E-state index in [0.717, 1.165) is 18.1 Å². The molecule has 1 aliphatic rings. The van der Waals surface area contributed by atoms with E-state index >= 15 is 0 Å². The Labute approximate surface area is 243 Å². The van der Waals surface area contributed by atoms with E-state index in [2.05, 4.69) is 9.71 Å². The molecule has 4 rings (SSSR count). The number of benzene rings is 2. The molecule has 42 heavy (non-hydrogen) atoms. The number of nitrogens with zero attached hydrogens (tertiary/aromatic N) is 2. The number of esters is 1. The second-order valence-electron chi connectivity index (χ2n) is 10.2. The molecular formula is C30H32F3N3O5S. The van der Waals surface area contributed by atoms with Crippen molar-refractivity contribution in [3.63, 3.8) is 0 Å². The Hall–Kier alpha value is -3.93. The number of nitrogens with one attached hydrogen (secondary N) is 1. The van der Waals surface area contributed by atoms with Crippen LogP contribution in [-0.2, 0) is 36.9 Å². The van der Waals surface area contributed by atoms with Gasteiger partial charge in [0.1, 0.15) is 5.60 Å². The van der Waals surface area contributed by atoms with E-state index in [9.17, 15) is 31.2 Å². The SMILES string of the molecule is CCCC1(CCc2ccccc2)CC(=O)C(N(CC)c2cccc(NS(=O)(=O)c3ccc(C(F)(F)F)cn3)c2)C(=O)O1. The molecule has 1 saturated heterocycles. The molecule has 2 atom stereocenters. The molecule has 12 heteroatoms. The lowest BCUT2D eigenvalue weighted by Gasteiger charge is -2.42. The molecule has 1 fully saturated rings. The number of hydrogen-bond acceptors (Lipinski definition) is 7. The number of aryl methyl sites for hydroxylation is 1. The lowest BCUT2D eigenvalue weighted by Crippen LogP contribution is -2.57. The molecule has 224 valence electrons. The standard InChI is InChI=1S/C30H32F3N3O5S/c1-3-16-29(17-15-21-9-6-5-7-10-21)19-25(37)27(28(38)41-29)36(4-2)24-12-8-11-23(18-24)35-42(39,40)26-14-13-22(20-34-26)30(31,32)33/h5-14,18,20,27,35H,3-4,15-17,19H2,1-2H3. The van der Waals surface area contributed by atoms with E-state index < -0.39 is 44.4 Å². The Morgan fingerprint density at radius 2 is 1.76 bits per heavy atom. The minimum Gasteiger partial charge on any atom is -0.457 e. The predicted octanol–water partition coefficient (Wildman–Crippen LogP) is 5.78. The first-order valence-corrected chi connectivity index (χ1v) is 15.1. The van der Waals surface area contributed by atoms with Crippen LogP contribution in [0, 0.1) is 0 Å². The summed E-state index contributed by atoms with van der Waals surface area (Å²) in [5.74, 6) is -0.941. The number of halogens is 3. The minimum atomic E-state index is -4.66. The third-order valence-electron chi connectivity index (χ3n) is 7.18. The van der Waals surface area contributed by atoms with Gasteiger partial charge >= 0.3 is 12.1 Å². The van der Waals surface area contributed by atoms with Gasteiger partial charge in [-0.3, -0.25) is 9.52 Å². The van der Waals surface area contributed by atoms with Crippen LogP contribution in [0.15, 0.2) is 78.0 Å². The topological polar surface area (TPSA) is 106 Å². The van der Waals surface area contributed by atoms with Crippen LogP contribution in [0.25, 0.3) is 0 Å². The van der Waals surface area contributed by atoms with Crippen molar-refractivity contribution in [2.75, 3.05) is 16.2 Å². The maximum Gasteiger partial charge on any atom is 0.417 e. The zero-order valence-electron chi connectivity index (χ0n) is 23.2. The largest absolute Gasteiger partial charge is 0.457 e. The second kappa shape index (κ2) is 12.5. The van der Waals surface area contributed by atoms with E-state index in [0.29, 0.717) is 37.2 Å². The van der Waals surface area contributed by atoms with E-state index in [4.69, 9.17) is 4.74 Å². The van der Waals surface area contributed by atoms with Gasteiger partial charge in [0.2, 0.25) is 0 Å². The normalized spacial score (nSPS) is 19.3. The summed E-state index contributed by atoms with van der Waals surface area (Å²) in [6.07, 6.45) is -1.71. The molecule has 1 aliphatic heterocycles. The number of likely N-dealkylation sites (N-methyl/N-ethyl adjacent to an activating group) is 1. The first-order valence-electron chi connectivity index (χ1n) is 13.6. The molecule has 0 spiro atoms. The third-order valence-corrected chi connectivity index (χ3v) is 8.48. The van der Waals surface area contributed by atoms with Crippen LogP contribution in [0.5, 0.6) is 0 Å². The van der Waals surface area contributed by atoms with E-state index in [-0.39, 0.29) is 24.4 Å². The molecule has 1 aromatic heterocycles. The van der Waals surface area contributed by atoms with Gasteiger partial charge in [-0.1, -0.05) is 49.7 Å². The molecule has 1 N–H and O–H groups in total. The predicted molar refractivity (Wildman–Crippen MR) is 151 cm³/mol. The Kier molecular flexibility index (Phi) is 9.24. The molecule has 3 aromatic rings. The zero-order valence-corrected chi connectivity index (χ0v) is 24.0. The Morgan fingerprint density at radius 1 is 1.02 bits per heavy atom. The lowest BCUT2D eigenvalue weighted by atomic mass is 9.82. The van der Waals surface area contributed by atoms with Crippen LogP contribution in [-0.4, -0.2) is 43.3 Å². The fraction of sp³-hybridized carbons (Fsp3) is 0.367. The highest BCUT2D eigenvalue weighted by Gasteiger charge is 2.48. The van der Waals surface area contributed by atoms with Crippen LogP contribution in [0.4, 0.5) is 24.5 Å². The van der Waals surface area contributed by atoms with Crippen molar-refractivity contribution in [2.24, 2.45) is 0 Å². The van der Waals surface area contributed by atoms with Gasteiger partial charge < -0.3 is 9.64 Å². The lowest BCUT2D eigenvalue weighted by molar-refractivity contribution is -0.174. The smallest absolute Gasteiger partial charge is 0.417 e. The van der Waals surface area contributed by atoms with Crippen molar-refractivity contribution in [1.29, 1.82) is 0 Å². The molecule has 2 aromatic carbocycles. The van der Waals surface area contributed by atoms with Gasteiger partial charge in [0.25, 0.3) is 10.0 Å². The first kappa shape index (κ1) is 31.0. The van der Waals surface area contributed by atoms with E-state index in [1.54, 1.807) is 17.9 Å². The molecule has 0 aliphatic carbocycles. The van der Waals surface area contributed by atoms with Crippen molar-refractivity contribution in [3.8, 4) is 0 Å². The monoisotopic (exact) mass is 603 g/mol. The van der Waals surface area contributed by atoms with Crippen LogP contribution in [0.2, 0.25) is 0 Å². The van der Waals surface area contributed by atoms with Crippen LogP contribution in [0.3, 0.4) is 0 Å². The summed E-state index contributed by atoms with van der Waals surface area (Å²) in [5, 5.41) is -0.595. The Balaban J connectivity index is 1.52. The number of ether oxygens (including phenoxy) is 1. The molecule has 0 saturated carbocycles. The maximum atomic E-state index is 13.5. The maximum absolute atomic E-state index is 13.5. The van der Waals surface area contributed by atoms with Crippen molar-refractivity contribution in [1.82, 2.24) is 4.98 Å². The van der Waals surface area contributed by atoms with Crippen molar-refractivity contribution in [2.45, 2.75) is 68.8 Å². The van der Waals surface area contributed by atoms with Gasteiger partial charge in [-0.2, -0.15) is 21.6 Å². The second-order valence-corrected chi connectivity index (χ2v) is 11.8. The Bertz CT molecular complexity index is 1500. The molecular weight excluding hydrogens is 571 g/mol. The number of pyridine rings is 1. The highest BCUT2D eigenvalue weighted by Crippen LogP contribution is 2.36. The fourth-order valence-electron chi connectivity index (χ4n) is 5.20. The van der Waals surface area contributed by atoms with Gasteiger partial charge in [0.15, 0.2) is 16.9 Å². The summed E-state index contributed by atoms with van der Waals surface area (Å²) in [6, 6.07) is 16.0. The van der Waals surface area contributed by atoms with Crippen LogP contribution in [0.1, 0.15) is 50.7 Å². The first-order chi connectivity index (χ1) is 19.9. The molecule has 2 heterocycles. The highest BCUT2D eigenvalue weighted by molar-refractivity contribution is 7.92. The Morgan fingerprint density at radius 3 is 2.36 bits per heavy atom. The average molecular weight is 604 g/mol. The van der Waals surface area contributed by atoms with Crippen LogP contribution >= 0.6 is 0 Å². The van der Waals surface area contributed by atoms with Gasteiger partial charge in [0.05, 0.1) is 11.3 Å². The van der Waals surface area contributed by atoms with Crippen molar-refractivity contribution in [3.05, 3.63) is 84.1 Å². The van der Waals surface area contributed by atoms with E-state index in [1.807, 2.05) is 37.3 Å². The fourth-order valence-corrected chi connectivity index (χ4v) is 6.19. The number of carbonyl (C=O) groups is 2.